The van der Waals surface area contributed by atoms with Gasteiger partial charge < -0.3 is 23.4 Å². The molecule has 0 unspecified atom stereocenters. The Morgan fingerprint density at radius 2 is 1.51 bits per heavy atom. The van der Waals surface area contributed by atoms with Crippen molar-refractivity contribution in [3.05, 3.63) is 60.7 Å². The number of benzene rings is 2. The molecule has 0 radical (unpaired) electrons. The molecule has 6 rings (SSSR count). The van der Waals surface area contributed by atoms with Gasteiger partial charge in [0.25, 0.3) is 8.32 Å². The summed E-state index contributed by atoms with van der Waals surface area (Å²) in [5.74, 6) is 0.628. The van der Waals surface area contributed by atoms with Gasteiger partial charge in [-0.05, 0) is 84.0 Å². The maximum absolute atomic E-state index is 13.5. The molecule has 47 heavy (non-hydrogen) atoms. The Bertz CT molecular complexity index is 1370. The first-order valence-electron chi connectivity index (χ1n) is 17.8. The van der Waals surface area contributed by atoms with Crippen LogP contribution in [0.3, 0.4) is 0 Å². The lowest BCUT2D eigenvalue weighted by Crippen LogP contribution is -2.67. The molecule has 1 aliphatic heterocycles. The zero-order chi connectivity index (χ0) is 34.0. The first-order valence-corrected chi connectivity index (χ1v) is 19.7. The van der Waals surface area contributed by atoms with Crippen molar-refractivity contribution in [1.29, 1.82) is 0 Å². The van der Waals surface area contributed by atoms with Gasteiger partial charge in [0.05, 0.1) is 18.1 Å². The maximum atomic E-state index is 13.5. The summed E-state index contributed by atoms with van der Waals surface area (Å²) in [5.41, 5.74) is -1.02. The van der Waals surface area contributed by atoms with E-state index in [1.807, 2.05) is 20.8 Å². The minimum atomic E-state index is -2.82. The fraction of sp³-hybridized carbons (Fsp3) is 0.675. The highest BCUT2D eigenvalue weighted by Gasteiger charge is 2.83. The van der Waals surface area contributed by atoms with Crippen LogP contribution in [0, 0.1) is 39.9 Å². The number of carbonyl (C=O) groups excluding carboxylic acids is 1. The number of hydrogen-bond acceptors (Lipinski definition) is 6. The van der Waals surface area contributed by atoms with Gasteiger partial charge in [-0.15, -0.1) is 0 Å². The van der Waals surface area contributed by atoms with Crippen LogP contribution in [0.5, 0.6) is 0 Å². The van der Waals surface area contributed by atoms with Crippen molar-refractivity contribution in [1.82, 2.24) is 0 Å². The molecule has 0 amide bonds. The number of esters is 1. The molecule has 4 fully saturated rings. The predicted molar refractivity (Wildman–Crippen MR) is 188 cm³/mol. The molecule has 3 aliphatic carbocycles. The largest absolute Gasteiger partial charge is 0.462 e. The van der Waals surface area contributed by atoms with Gasteiger partial charge in [-0.2, -0.15) is 0 Å². The summed E-state index contributed by atoms with van der Waals surface area (Å²) in [6.07, 6.45) is 2.71. The minimum absolute atomic E-state index is 0.0537. The van der Waals surface area contributed by atoms with Crippen LogP contribution in [0.25, 0.3) is 0 Å². The zero-order valence-corrected chi connectivity index (χ0v) is 31.4. The van der Waals surface area contributed by atoms with Crippen molar-refractivity contribution in [3.8, 4) is 0 Å². The van der Waals surface area contributed by atoms with Gasteiger partial charge in [0.15, 0.2) is 0 Å². The Labute approximate surface area is 284 Å². The predicted octanol–water partition coefficient (Wildman–Crippen LogP) is 6.99. The summed E-state index contributed by atoms with van der Waals surface area (Å²) in [6.45, 7) is 21.6. The Balaban J connectivity index is 1.48. The average Bonchev–Trinajstić information content (AvgIpc) is 3.72. The third kappa shape index (κ3) is 5.29. The van der Waals surface area contributed by atoms with E-state index in [0.717, 1.165) is 25.9 Å². The SMILES string of the molecule is COCO[C@@H]1CC[C@@]23[C@@H]1[C@@]1(CO1)C(C)(C)[C@@H]2C[C@H](OC(=O)C(C)(C)C)[C@@H](C)[C@@H]3CO[Si](c1ccccc1)(c1ccccc1)C(C)(C)C. The summed E-state index contributed by atoms with van der Waals surface area (Å²) < 4.78 is 32.9. The van der Waals surface area contributed by atoms with E-state index in [9.17, 15) is 4.79 Å². The standard InChI is InChI=1S/C40H58O6Si/c1-27-30(24-45-47(37(5,6)7,28-17-13-11-14-18-28)29-19-15-12-16-20-29)39-22-21-31(43-26-42-10)34(39)40(25-44-40)38(8,9)33(39)23-32(27)46-35(41)36(2,3)4/h11-20,27,30-34H,21-26H2,1-10H3/t27-,30-,31+,32-,33-,34+,39-,40-/m0/s1. The maximum Gasteiger partial charge on any atom is 0.311 e. The summed E-state index contributed by atoms with van der Waals surface area (Å²) in [7, 11) is -1.12. The first kappa shape index (κ1) is 34.8. The third-order valence-electron chi connectivity index (χ3n) is 12.9. The van der Waals surface area contributed by atoms with E-state index >= 15 is 0 Å². The highest BCUT2D eigenvalue weighted by molar-refractivity contribution is 6.99. The van der Waals surface area contributed by atoms with Gasteiger partial charge in [-0.3, -0.25) is 4.79 Å². The van der Waals surface area contributed by atoms with E-state index in [-0.39, 0.29) is 64.2 Å². The topological polar surface area (TPSA) is 66.5 Å². The molecule has 258 valence electrons. The molecule has 8 atom stereocenters. The number of fused-ring (bicyclic) bond motifs is 1. The quantitative estimate of drug-likeness (QED) is 0.125. The van der Waals surface area contributed by atoms with Crippen molar-refractivity contribution >= 4 is 24.7 Å². The highest BCUT2D eigenvalue weighted by atomic mass is 28.4. The fourth-order valence-corrected chi connectivity index (χ4v) is 15.2. The molecule has 0 bridgehead atoms. The van der Waals surface area contributed by atoms with Crippen LogP contribution < -0.4 is 10.4 Å². The van der Waals surface area contributed by atoms with Crippen LogP contribution in [0.15, 0.2) is 60.7 Å². The summed E-state index contributed by atoms with van der Waals surface area (Å²) >= 11 is 0. The van der Waals surface area contributed by atoms with Crippen LogP contribution in [-0.4, -0.2) is 59.2 Å². The molecule has 0 aromatic heterocycles. The Morgan fingerprint density at radius 1 is 0.936 bits per heavy atom. The Morgan fingerprint density at radius 3 is 2.00 bits per heavy atom. The van der Waals surface area contributed by atoms with Gasteiger partial charge in [-0.25, -0.2) is 0 Å². The van der Waals surface area contributed by atoms with Gasteiger partial charge >= 0.3 is 5.97 Å². The van der Waals surface area contributed by atoms with Crippen molar-refractivity contribution in [3.63, 3.8) is 0 Å². The number of epoxide rings is 1. The lowest BCUT2D eigenvalue weighted by Gasteiger charge is -2.55. The van der Waals surface area contributed by atoms with Crippen molar-refractivity contribution in [2.45, 2.75) is 104 Å². The van der Waals surface area contributed by atoms with Crippen LogP contribution in [0.1, 0.15) is 81.6 Å². The van der Waals surface area contributed by atoms with Gasteiger partial charge in [0.1, 0.15) is 18.5 Å². The van der Waals surface area contributed by atoms with E-state index < -0.39 is 13.7 Å². The number of carbonyl (C=O) groups is 1. The summed E-state index contributed by atoms with van der Waals surface area (Å²) in [6, 6.07) is 21.8. The van der Waals surface area contributed by atoms with E-state index in [1.54, 1.807) is 7.11 Å². The first-order chi connectivity index (χ1) is 22.1. The number of hydrogen-bond donors (Lipinski definition) is 0. The normalized spacial score (nSPS) is 34.6. The van der Waals surface area contributed by atoms with E-state index in [1.165, 1.54) is 10.4 Å². The second-order valence-electron chi connectivity index (χ2n) is 17.6. The van der Waals surface area contributed by atoms with Crippen molar-refractivity contribution < 1.29 is 28.2 Å². The Hall–Kier alpha value is -2.03. The molecular weight excluding hydrogens is 605 g/mol. The molecule has 1 heterocycles. The molecule has 1 saturated heterocycles. The van der Waals surface area contributed by atoms with E-state index in [0.29, 0.717) is 12.5 Å². The Kier molecular flexibility index (Phi) is 8.95. The van der Waals surface area contributed by atoms with Crippen molar-refractivity contribution in [2.75, 3.05) is 27.1 Å². The molecule has 3 saturated carbocycles. The van der Waals surface area contributed by atoms with Crippen LogP contribution in [-0.2, 0) is 28.2 Å². The molecular formula is C40H58O6Si. The second kappa shape index (κ2) is 12.1. The zero-order valence-electron chi connectivity index (χ0n) is 30.4. The molecule has 2 aromatic carbocycles. The average molecular weight is 663 g/mol. The molecule has 2 aromatic rings. The molecule has 2 spiro atoms. The number of methoxy groups -OCH3 is 1. The third-order valence-corrected chi connectivity index (χ3v) is 17.9. The second-order valence-corrected chi connectivity index (χ2v) is 21.9. The van der Waals surface area contributed by atoms with Crippen LogP contribution >= 0.6 is 0 Å². The van der Waals surface area contributed by atoms with E-state index in [4.69, 9.17) is 23.4 Å². The van der Waals surface area contributed by atoms with Gasteiger partial charge in [0.2, 0.25) is 0 Å². The van der Waals surface area contributed by atoms with Crippen molar-refractivity contribution in [2.24, 2.45) is 39.9 Å². The molecule has 6 nitrogen and oxygen atoms in total. The minimum Gasteiger partial charge on any atom is -0.462 e. The molecule has 0 N–H and O–H groups in total. The summed E-state index contributed by atoms with van der Waals surface area (Å²) in [5, 5.41) is 2.42. The number of ether oxygens (including phenoxy) is 4. The van der Waals surface area contributed by atoms with E-state index in [2.05, 4.69) is 102 Å². The fourth-order valence-electron chi connectivity index (χ4n) is 10.7. The lowest BCUT2D eigenvalue weighted by molar-refractivity contribution is -0.179. The molecule has 7 heteroatoms. The van der Waals surface area contributed by atoms with Crippen LogP contribution in [0.2, 0.25) is 5.04 Å². The summed E-state index contributed by atoms with van der Waals surface area (Å²) in [4.78, 5) is 13.5. The highest BCUT2D eigenvalue weighted by Crippen LogP contribution is 2.79. The lowest BCUT2D eigenvalue weighted by atomic mass is 9.52. The monoisotopic (exact) mass is 662 g/mol. The van der Waals surface area contributed by atoms with Gasteiger partial charge in [0, 0.05) is 19.6 Å². The molecule has 4 aliphatic rings. The van der Waals surface area contributed by atoms with Gasteiger partial charge in [-0.1, -0.05) is 102 Å². The number of rotatable bonds is 9. The smallest absolute Gasteiger partial charge is 0.311 e. The van der Waals surface area contributed by atoms with Crippen LogP contribution in [0.4, 0.5) is 0 Å².